The number of benzene rings is 2. The molecule has 5 atom stereocenters. The average Bonchev–Trinajstić information content (AvgIpc) is 3.56. The highest BCUT2D eigenvalue weighted by Crippen LogP contribution is 2.19. The highest BCUT2D eigenvalue weighted by molar-refractivity contribution is 7.98. The molecule has 16 nitrogen and oxygen atoms in total. The van der Waals surface area contributed by atoms with Crippen molar-refractivity contribution in [3.8, 4) is 0 Å². The molecule has 0 aliphatic carbocycles. The molecule has 0 aliphatic rings. The Kier molecular flexibility index (Phi) is 17.7. The second kappa shape index (κ2) is 22.1. The van der Waals surface area contributed by atoms with Gasteiger partial charge in [0.05, 0.1) is 12.6 Å². The quantitative estimate of drug-likeness (QED) is 0.0643. The molecule has 0 radical (unpaired) electrons. The number of nitrogens with one attached hydrogen (secondary N) is 6. The summed E-state index contributed by atoms with van der Waals surface area (Å²) in [4.78, 5) is 93.2. The lowest BCUT2D eigenvalue weighted by Crippen LogP contribution is -2.58. The van der Waals surface area contributed by atoms with E-state index < -0.39 is 78.2 Å². The smallest absolute Gasteiger partial charge is 0.326 e. The van der Waals surface area contributed by atoms with Crippen LogP contribution in [-0.4, -0.2) is 100 Å². The molecule has 1 aromatic heterocycles. The predicted octanol–water partition coefficient (Wildman–Crippen LogP) is 0.485. The molecule has 0 spiro atoms. The lowest BCUT2D eigenvalue weighted by Gasteiger charge is -2.25. The van der Waals surface area contributed by atoms with Crippen LogP contribution in [0.5, 0.6) is 0 Å². The highest BCUT2D eigenvalue weighted by Gasteiger charge is 2.31. The minimum Gasteiger partial charge on any atom is -0.480 e. The van der Waals surface area contributed by atoms with Crippen LogP contribution in [0.4, 0.5) is 0 Å². The average molecular weight is 781 g/mol. The summed E-state index contributed by atoms with van der Waals surface area (Å²) in [6.45, 7) is 3.13. The molecule has 0 saturated carbocycles. The van der Waals surface area contributed by atoms with Gasteiger partial charge in [0.1, 0.15) is 24.2 Å². The summed E-state index contributed by atoms with van der Waals surface area (Å²) in [7, 11) is 0. The number of H-pyrrole nitrogens is 1. The van der Waals surface area contributed by atoms with Crippen LogP contribution < -0.4 is 38.1 Å². The lowest BCUT2D eigenvalue weighted by molar-refractivity contribution is -0.142. The number of fused-ring (bicyclic) bond motifs is 1. The summed E-state index contributed by atoms with van der Waals surface area (Å²) in [5.74, 6) is -4.83. The Morgan fingerprint density at radius 2 is 1.38 bits per heavy atom. The second-order valence-corrected chi connectivity index (χ2v) is 14.6. The van der Waals surface area contributed by atoms with Gasteiger partial charge in [-0.25, -0.2) is 4.79 Å². The fourth-order valence-electron chi connectivity index (χ4n) is 5.77. The number of nitrogens with two attached hydrogens (primary N) is 2. The molecule has 0 aliphatic heterocycles. The van der Waals surface area contributed by atoms with Crippen molar-refractivity contribution in [2.75, 3.05) is 18.6 Å². The first-order chi connectivity index (χ1) is 26.2. The number of aliphatic carboxylic acids is 1. The molecule has 6 amide bonds. The number of carboxylic acid groups (broad SMARTS) is 1. The van der Waals surface area contributed by atoms with Crippen molar-refractivity contribution in [1.82, 2.24) is 31.6 Å². The highest BCUT2D eigenvalue weighted by atomic mass is 32.2. The van der Waals surface area contributed by atoms with Gasteiger partial charge < -0.3 is 48.1 Å². The Balaban J connectivity index is 1.79. The number of carboxylic acids is 1. The first kappa shape index (κ1) is 44.0. The first-order valence-corrected chi connectivity index (χ1v) is 19.4. The van der Waals surface area contributed by atoms with Gasteiger partial charge in [0, 0.05) is 36.4 Å². The maximum absolute atomic E-state index is 14.0. The third kappa shape index (κ3) is 14.7. The number of thioether (sulfide) groups is 1. The molecule has 17 heteroatoms. The van der Waals surface area contributed by atoms with Gasteiger partial charge in [-0.3, -0.25) is 28.8 Å². The number of aromatic nitrogens is 1. The second-order valence-electron chi connectivity index (χ2n) is 13.6. The number of hydrogen-bond donors (Lipinski definition) is 9. The van der Waals surface area contributed by atoms with E-state index >= 15 is 0 Å². The van der Waals surface area contributed by atoms with E-state index in [9.17, 15) is 38.7 Å². The van der Waals surface area contributed by atoms with Crippen molar-refractivity contribution in [2.45, 2.75) is 82.6 Å². The summed E-state index contributed by atoms with van der Waals surface area (Å²) in [6.07, 6.45) is 3.82. The van der Waals surface area contributed by atoms with Crippen LogP contribution in [0.15, 0.2) is 60.8 Å². The molecule has 0 saturated heterocycles. The molecular weight excluding hydrogens is 729 g/mol. The number of hydrogen-bond acceptors (Lipinski definition) is 9. The number of primary amides is 1. The van der Waals surface area contributed by atoms with E-state index in [1.165, 1.54) is 11.8 Å². The minimum atomic E-state index is -1.21. The Hall–Kier alpha value is -5.42. The van der Waals surface area contributed by atoms with Crippen LogP contribution in [0, 0.1) is 5.92 Å². The first-order valence-electron chi connectivity index (χ1n) is 18.0. The van der Waals surface area contributed by atoms with Gasteiger partial charge in [0.25, 0.3) is 0 Å². The summed E-state index contributed by atoms with van der Waals surface area (Å²) >= 11 is 1.44. The molecule has 0 unspecified atom stereocenters. The van der Waals surface area contributed by atoms with Crippen LogP contribution in [0.1, 0.15) is 50.7 Å². The molecule has 11 N–H and O–H groups in total. The van der Waals surface area contributed by atoms with E-state index in [1.54, 1.807) is 36.5 Å². The number of amides is 6. The van der Waals surface area contributed by atoms with Crippen LogP contribution in [-0.2, 0) is 46.4 Å². The van der Waals surface area contributed by atoms with Gasteiger partial charge in [-0.1, -0.05) is 62.4 Å². The Morgan fingerprint density at radius 3 is 2.04 bits per heavy atom. The van der Waals surface area contributed by atoms with Gasteiger partial charge >= 0.3 is 5.97 Å². The predicted molar refractivity (Wildman–Crippen MR) is 209 cm³/mol. The minimum absolute atomic E-state index is 0.0194. The Morgan fingerprint density at radius 1 is 0.764 bits per heavy atom. The lowest BCUT2D eigenvalue weighted by atomic mass is 10.0. The van der Waals surface area contributed by atoms with Crippen LogP contribution in [0.3, 0.4) is 0 Å². The van der Waals surface area contributed by atoms with E-state index in [4.69, 9.17) is 11.5 Å². The standard InChI is InChI=1S/C38H52N8O8S/c1-22(2)17-29(36(51)44-28(38(53)54)15-16-55-3)43-33(48)21-42-35(50)30(18-23-9-5-4-6-10-23)46-37(52)31(45-34(49)26(39)13-14-32(40)47)19-24-20-41-27-12-8-7-11-25(24)27/h4-12,20,22,26,28-31,41H,13-19,21,39H2,1-3H3,(H2,40,47)(H,42,50)(H,43,48)(H,44,51)(H,45,49)(H,46,52)(H,53,54)/t26-,28-,29-,30-,31-/m0/s1. The summed E-state index contributed by atoms with van der Waals surface area (Å²) < 4.78 is 0. The van der Waals surface area contributed by atoms with Crippen molar-refractivity contribution in [3.05, 3.63) is 71.9 Å². The topological polar surface area (TPSA) is 268 Å². The van der Waals surface area contributed by atoms with Crippen molar-refractivity contribution in [3.63, 3.8) is 0 Å². The normalized spacial score (nSPS) is 13.8. The number of para-hydroxylation sites is 1. The van der Waals surface area contributed by atoms with Crippen LogP contribution in [0.25, 0.3) is 10.9 Å². The molecular formula is C38H52N8O8S. The molecule has 3 aromatic rings. The van der Waals surface area contributed by atoms with Crippen LogP contribution >= 0.6 is 11.8 Å². The fraction of sp³-hybridized carbons (Fsp3) is 0.447. The molecule has 55 heavy (non-hydrogen) atoms. The van der Waals surface area contributed by atoms with E-state index in [0.717, 1.165) is 10.9 Å². The number of carbonyl (C=O) groups is 7. The maximum atomic E-state index is 14.0. The molecule has 2 aromatic carbocycles. The van der Waals surface area contributed by atoms with Crippen molar-refractivity contribution in [2.24, 2.45) is 17.4 Å². The van der Waals surface area contributed by atoms with Gasteiger partial charge in [-0.2, -0.15) is 11.8 Å². The van der Waals surface area contributed by atoms with Crippen molar-refractivity contribution < 1.29 is 38.7 Å². The van der Waals surface area contributed by atoms with Crippen molar-refractivity contribution >= 4 is 64.1 Å². The maximum Gasteiger partial charge on any atom is 0.326 e. The fourth-order valence-corrected chi connectivity index (χ4v) is 6.24. The zero-order valence-corrected chi connectivity index (χ0v) is 32.1. The van der Waals surface area contributed by atoms with E-state index in [2.05, 4.69) is 31.6 Å². The van der Waals surface area contributed by atoms with Crippen molar-refractivity contribution in [1.29, 1.82) is 0 Å². The van der Waals surface area contributed by atoms with E-state index in [0.29, 0.717) is 16.9 Å². The molecule has 3 rings (SSSR count). The molecule has 298 valence electrons. The zero-order chi connectivity index (χ0) is 40.5. The van der Waals surface area contributed by atoms with Crippen LogP contribution in [0.2, 0.25) is 0 Å². The Labute approximate surface area is 324 Å². The zero-order valence-electron chi connectivity index (χ0n) is 31.3. The third-order valence-electron chi connectivity index (χ3n) is 8.69. The summed E-state index contributed by atoms with van der Waals surface area (Å²) in [5, 5.41) is 23.4. The summed E-state index contributed by atoms with van der Waals surface area (Å²) in [6, 6.07) is 10.5. The van der Waals surface area contributed by atoms with E-state index in [1.807, 2.05) is 44.4 Å². The number of rotatable bonds is 23. The largest absolute Gasteiger partial charge is 0.480 e. The number of aromatic amines is 1. The van der Waals surface area contributed by atoms with E-state index in [-0.39, 0.29) is 44.4 Å². The molecule has 0 bridgehead atoms. The van der Waals surface area contributed by atoms with Gasteiger partial charge in [0.15, 0.2) is 0 Å². The third-order valence-corrected chi connectivity index (χ3v) is 9.34. The van der Waals surface area contributed by atoms with Gasteiger partial charge in [-0.15, -0.1) is 0 Å². The summed E-state index contributed by atoms with van der Waals surface area (Å²) in [5.41, 5.74) is 13.5. The number of carbonyl (C=O) groups excluding carboxylic acids is 6. The van der Waals surface area contributed by atoms with Gasteiger partial charge in [-0.05, 0) is 54.4 Å². The van der Waals surface area contributed by atoms with Gasteiger partial charge in [0.2, 0.25) is 35.4 Å². The monoisotopic (exact) mass is 780 g/mol. The Bertz CT molecular complexity index is 1790. The molecule has 1 heterocycles. The SMILES string of the molecule is CSCC[C@H](NC(=O)[C@H](CC(C)C)NC(=O)CNC(=O)[C@H](Cc1ccccc1)NC(=O)[C@H](Cc1c[nH]c2ccccc12)NC(=O)[C@@H](N)CCC(N)=O)C(=O)O. The molecule has 0 fully saturated rings.